The predicted octanol–water partition coefficient (Wildman–Crippen LogP) is 3.40. The molecular formula is C19H24ClN3O2. The average Bonchev–Trinajstić information content (AvgIpc) is 2.65. The van der Waals surface area contributed by atoms with E-state index in [9.17, 15) is 0 Å². The minimum atomic E-state index is -0.122. The zero-order chi connectivity index (χ0) is 18.1. The summed E-state index contributed by atoms with van der Waals surface area (Å²) >= 11 is 6.06. The van der Waals surface area contributed by atoms with Gasteiger partial charge in [0, 0.05) is 37.8 Å². The minimum Gasteiger partial charge on any atom is -0.496 e. The van der Waals surface area contributed by atoms with Gasteiger partial charge in [-0.25, -0.2) is 0 Å². The predicted molar refractivity (Wildman–Crippen MR) is 102 cm³/mol. The quantitative estimate of drug-likeness (QED) is 0.586. The molecule has 0 bridgehead atoms. The monoisotopic (exact) mass is 361 g/mol. The molecule has 5 nitrogen and oxygen atoms in total. The minimum absolute atomic E-state index is 0.122. The number of aliphatic imine (C=N–C) groups is 1. The van der Waals surface area contributed by atoms with Crippen molar-refractivity contribution in [2.75, 3.05) is 27.8 Å². The zero-order valence-corrected chi connectivity index (χ0v) is 15.5. The molecule has 0 heterocycles. The number of halogens is 1. The second-order valence-corrected chi connectivity index (χ2v) is 5.83. The molecule has 25 heavy (non-hydrogen) atoms. The van der Waals surface area contributed by atoms with E-state index in [1.54, 1.807) is 21.3 Å². The van der Waals surface area contributed by atoms with Crippen molar-refractivity contribution in [2.45, 2.75) is 12.6 Å². The summed E-state index contributed by atoms with van der Waals surface area (Å²) in [6, 6.07) is 15.5. The third-order valence-corrected chi connectivity index (χ3v) is 4.06. The number of nitrogens with one attached hydrogen (secondary N) is 2. The maximum atomic E-state index is 6.06. The van der Waals surface area contributed by atoms with Crippen LogP contribution in [0.2, 0.25) is 5.02 Å². The van der Waals surface area contributed by atoms with Crippen molar-refractivity contribution in [3.8, 4) is 5.75 Å². The van der Waals surface area contributed by atoms with E-state index < -0.39 is 0 Å². The van der Waals surface area contributed by atoms with Gasteiger partial charge in [0.1, 0.15) is 5.75 Å². The van der Waals surface area contributed by atoms with E-state index in [1.807, 2.05) is 48.5 Å². The summed E-state index contributed by atoms with van der Waals surface area (Å²) in [6.45, 7) is 1.18. The Kier molecular flexibility index (Phi) is 7.57. The summed E-state index contributed by atoms with van der Waals surface area (Å²) in [5.74, 6) is 1.54. The van der Waals surface area contributed by atoms with Crippen LogP contribution in [0.25, 0.3) is 0 Å². The van der Waals surface area contributed by atoms with Crippen molar-refractivity contribution < 1.29 is 9.47 Å². The molecule has 0 saturated carbocycles. The number of guanidine groups is 1. The summed E-state index contributed by atoms with van der Waals surface area (Å²) < 4.78 is 10.9. The zero-order valence-electron chi connectivity index (χ0n) is 14.8. The Balaban J connectivity index is 1.93. The molecule has 2 N–H and O–H groups in total. The van der Waals surface area contributed by atoms with Crippen LogP contribution in [0.15, 0.2) is 53.5 Å². The lowest BCUT2D eigenvalue weighted by Gasteiger charge is -2.19. The number of benzene rings is 2. The Labute approximate surface area is 154 Å². The molecular weight excluding hydrogens is 338 g/mol. The third-order valence-electron chi connectivity index (χ3n) is 3.82. The molecule has 0 aliphatic heterocycles. The molecule has 0 fully saturated rings. The van der Waals surface area contributed by atoms with Crippen LogP contribution in [0, 0.1) is 0 Å². The molecule has 1 atom stereocenters. The van der Waals surface area contributed by atoms with Gasteiger partial charge in [0.25, 0.3) is 0 Å². The van der Waals surface area contributed by atoms with Crippen LogP contribution in [0.4, 0.5) is 0 Å². The number of nitrogens with zero attached hydrogens (tertiary/aromatic N) is 1. The summed E-state index contributed by atoms with van der Waals surface area (Å²) in [4.78, 5) is 4.25. The maximum Gasteiger partial charge on any atom is 0.191 e. The summed E-state index contributed by atoms with van der Waals surface area (Å²) in [5.41, 5.74) is 2.08. The van der Waals surface area contributed by atoms with Crippen molar-refractivity contribution in [3.63, 3.8) is 0 Å². The smallest absolute Gasteiger partial charge is 0.191 e. The van der Waals surface area contributed by atoms with E-state index in [4.69, 9.17) is 21.1 Å². The molecule has 0 radical (unpaired) electrons. The highest BCUT2D eigenvalue weighted by Gasteiger charge is 2.12. The first-order chi connectivity index (χ1) is 12.2. The normalized spacial score (nSPS) is 12.6. The molecule has 2 rings (SSSR count). The molecule has 0 spiro atoms. The second kappa shape index (κ2) is 9.91. The lowest BCUT2D eigenvalue weighted by Crippen LogP contribution is -2.39. The second-order valence-electron chi connectivity index (χ2n) is 5.40. The Morgan fingerprint density at radius 2 is 1.92 bits per heavy atom. The van der Waals surface area contributed by atoms with Crippen LogP contribution in [-0.2, 0) is 11.3 Å². The van der Waals surface area contributed by atoms with E-state index in [-0.39, 0.29) is 6.10 Å². The van der Waals surface area contributed by atoms with Crippen molar-refractivity contribution in [1.82, 2.24) is 10.6 Å². The van der Waals surface area contributed by atoms with Gasteiger partial charge in [-0.1, -0.05) is 41.9 Å². The lowest BCUT2D eigenvalue weighted by atomic mass is 10.1. The topological polar surface area (TPSA) is 54.9 Å². The first-order valence-electron chi connectivity index (χ1n) is 8.02. The number of para-hydroxylation sites is 1. The standard InChI is InChI=1S/C19H24ClN3O2/c1-21-19(22-12-15-7-4-5-10-17(15)24-2)23-13-18(25-3)14-8-6-9-16(20)11-14/h4-11,18H,12-13H2,1-3H3,(H2,21,22,23). The summed E-state index contributed by atoms with van der Waals surface area (Å²) in [7, 11) is 5.08. The molecule has 134 valence electrons. The number of ether oxygens (including phenoxy) is 2. The van der Waals surface area contributed by atoms with Crippen molar-refractivity contribution in [2.24, 2.45) is 4.99 Å². The number of rotatable bonds is 7. The van der Waals surface area contributed by atoms with Gasteiger partial charge in [0.2, 0.25) is 0 Å². The van der Waals surface area contributed by atoms with Crippen molar-refractivity contribution >= 4 is 17.6 Å². The lowest BCUT2D eigenvalue weighted by molar-refractivity contribution is 0.106. The maximum absolute atomic E-state index is 6.06. The van der Waals surface area contributed by atoms with E-state index in [1.165, 1.54) is 0 Å². The molecule has 0 amide bonds. The molecule has 2 aromatic rings. The number of hydrogen-bond donors (Lipinski definition) is 2. The fraction of sp³-hybridized carbons (Fsp3) is 0.316. The van der Waals surface area contributed by atoms with Crippen LogP contribution in [0.5, 0.6) is 5.75 Å². The third kappa shape index (κ3) is 5.66. The van der Waals surface area contributed by atoms with Crippen LogP contribution < -0.4 is 15.4 Å². The van der Waals surface area contributed by atoms with Crippen molar-refractivity contribution in [1.29, 1.82) is 0 Å². The van der Waals surface area contributed by atoms with E-state index >= 15 is 0 Å². The van der Waals surface area contributed by atoms with Gasteiger partial charge in [0.15, 0.2) is 5.96 Å². The highest BCUT2D eigenvalue weighted by molar-refractivity contribution is 6.30. The van der Waals surface area contributed by atoms with E-state index in [0.29, 0.717) is 24.1 Å². The Bertz CT molecular complexity index is 707. The van der Waals surface area contributed by atoms with E-state index in [2.05, 4.69) is 15.6 Å². The van der Waals surface area contributed by atoms with Gasteiger partial charge in [0.05, 0.1) is 13.2 Å². The van der Waals surface area contributed by atoms with Crippen LogP contribution >= 0.6 is 11.6 Å². The molecule has 0 aromatic heterocycles. The van der Waals surface area contributed by atoms with Crippen molar-refractivity contribution in [3.05, 3.63) is 64.7 Å². The Morgan fingerprint density at radius 3 is 2.60 bits per heavy atom. The first kappa shape index (κ1) is 19.1. The molecule has 0 aliphatic carbocycles. The van der Waals surface area contributed by atoms with Gasteiger partial charge in [-0.3, -0.25) is 4.99 Å². The average molecular weight is 362 g/mol. The molecule has 1 unspecified atom stereocenters. The number of hydrogen-bond acceptors (Lipinski definition) is 3. The van der Waals surface area contributed by atoms with Gasteiger partial charge in [-0.05, 0) is 23.8 Å². The fourth-order valence-electron chi connectivity index (χ4n) is 2.48. The van der Waals surface area contributed by atoms with Gasteiger partial charge >= 0.3 is 0 Å². The molecule has 0 saturated heterocycles. The Hall–Kier alpha value is -2.24. The molecule has 6 heteroatoms. The fourth-order valence-corrected chi connectivity index (χ4v) is 2.68. The van der Waals surface area contributed by atoms with Crippen LogP contribution in [0.1, 0.15) is 17.2 Å². The Morgan fingerprint density at radius 1 is 1.12 bits per heavy atom. The highest BCUT2D eigenvalue weighted by Crippen LogP contribution is 2.20. The van der Waals surface area contributed by atoms with Gasteiger partial charge in [-0.2, -0.15) is 0 Å². The summed E-state index contributed by atoms with van der Waals surface area (Å²) in [6.07, 6.45) is -0.122. The molecule has 0 aliphatic rings. The molecule has 2 aromatic carbocycles. The highest BCUT2D eigenvalue weighted by atomic mass is 35.5. The van der Waals surface area contributed by atoms with Crippen LogP contribution in [0.3, 0.4) is 0 Å². The van der Waals surface area contributed by atoms with Gasteiger partial charge in [-0.15, -0.1) is 0 Å². The van der Waals surface area contributed by atoms with Crippen LogP contribution in [-0.4, -0.2) is 33.8 Å². The van der Waals surface area contributed by atoms with E-state index in [0.717, 1.165) is 16.9 Å². The summed E-state index contributed by atoms with van der Waals surface area (Å²) in [5, 5.41) is 7.25. The first-order valence-corrected chi connectivity index (χ1v) is 8.40. The number of methoxy groups -OCH3 is 2. The largest absolute Gasteiger partial charge is 0.496 e. The SMILES string of the molecule is CN=C(NCc1ccccc1OC)NCC(OC)c1cccc(Cl)c1. The van der Waals surface area contributed by atoms with Gasteiger partial charge < -0.3 is 20.1 Å².